The van der Waals surface area contributed by atoms with Crippen LogP contribution in [0.4, 0.5) is 11.4 Å². The number of benzene rings is 2. The summed E-state index contributed by atoms with van der Waals surface area (Å²) in [5.41, 5.74) is 2.43. The molecule has 0 radical (unpaired) electrons. The number of nitrogens with one attached hydrogen (secondary N) is 2. The fraction of sp³-hybridized carbons (Fsp3) is 0.350. The Kier molecular flexibility index (Phi) is 5.85. The fourth-order valence-corrected chi connectivity index (χ4v) is 2.47. The van der Waals surface area contributed by atoms with Crippen molar-refractivity contribution < 1.29 is 9.53 Å². The van der Waals surface area contributed by atoms with Crippen molar-refractivity contribution in [1.82, 2.24) is 5.32 Å². The van der Waals surface area contributed by atoms with Crippen LogP contribution >= 0.6 is 0 Å². The van der Waals surface area contributed by atoms with Gasteiger partial charge in [-0.05, 0) is 49.4 Å². The number of ether oxygens (including phenoxy) is 1. The molecule has 3 rings (SSSR count). The van der Waals surface area contributed by atoms with E-state index in [-0.39, 0.29) is 5.91 Å². The van der Waals surface area contributed by atoms with Crippen molar-refractivity contribution in [3.05, 3.63) is 60.2 Å². The van der Waals surface area contributed by atoms with Gasteiger partial charge in [-0.25, -0.2) is 0 Å². The normalized spacial score (nSPS) is 13.5. The van der Waals surface area contributed by atoms with Crippen LogP contribution in [0.15, 0.2) is 54.6 Å². The highest BCUT2D eigenvalue weighted by Crippen LogP contribution is 2.28. The van der Waals surface area contributed by atoms with Crippen LogP contribution in [0.25, 0.3) is 0 Å². The Morgan fingerprint density at radius 3 is 2.58 bits per heavy atom. The summed E-state index contributed by atoms with van der Waals surface area (Å²) in [7, 11) is 0. The third-order valence-electron chi connectivity index (χ3n) is 4.03. The first kappa shape index (κ1) is 16.5. The number of carbonyl (C=O) groups is 1. The Morgan fingerprint density at radius 1 is 1.04 bits per heavy atom. The summed E-state index contributed by atoms with van der Waals surface area (Å²) < 4.78 is 5.58. The topological polar surface area (TPSA) is 50.4 Å². The highest BCUT2D eigenvalue weighted by molar-refractivity contribution is 6.00. The molecule has 126 valence electrons. The van der Waals surface area contributed by atoms with Crippen molar-refractivity contribution >= 4 is 17.3 Å². The molecule has 0 spiro atoms. The van der Waals surface area contributed by atoms with Crippen LogP contribution in [0.5, 0.6) is 0 Å². The molecule has 2 aromatic rings. The van der Waals surface area contributed by atoms with E-state index in [0.29, 0.717) is 18.7 Å². The summed E-state index contributed by atoms with van der Waals surface area (Å²) in [5.74, 6) is 0.728. The second-order valence-corrected chi connectivity index (χ2v) is 6.16. The van der Waals surface area contributed by atoms with E-state index >= 15 is 0 Å². The lowest BCUT2D eigenvalue weighted by atomic mass is 10.1. The van der Waals surface area contributed by atoms with E-state index in [1.54, 1.807) is 0 Å². The Bertz CT molecular complexity index is 654. The Balaban J connectivity index is 1.48. The number of carbonyl (C=O) groups excluding carboxylic acids is 1. The molecule has 1 fully saturated rings. The van der Waals surface area contributed by atoms with Crippen LogP contribution in [0, 0.1) is 5.92 Å². The maximum absolute atomic E-state index is 12.4. The summed E-state index contributed by atoms with van der Waals surface area (Å²) in [6.07, 6.45) is 3.45. The third kappa shape index (κ3) is 5.10. The summed E-state index contributed by atoms with van der Waals surface area (Å²) in [6.45, 7) is 2.21. The first-order valence-corrected chi connectivity index (χ1v) is 8.60. The lowest BCUT2D eigenvalue weighted by Gasteiger charge is -2.12. The van der Waals surface area contributed by atoms with E-state index < -0.39 is 0 Å². The van der Waals surface area contributed by atoms with E-state index in [9.17, 15) is 4.79 Å². The lowest BCUT2D eigenvalue weighted by Crippen LogP contribution is -2.26. The minimum atomic E-state index is -0.0591. The van der Waals surface area contributed by atoms with Crippen LogP contribution < -0.4 is 10.6 Å². The van der Waals surface area contributed by atoms with Crippen molar-refractivity contribution in [2.45, 2.75) is 19.3 Å². The van der Waals surface area contributed by atoms with Gasteiger partial charge in [0, 0.05) is 25.4 Å². The first-order valence-electron chi connectivity index (χ1n) is 8.60. The SMILES string of the molecule is O=C(NCCCOCC1CC1)c1ccccc1Nc1ccccc1. The second kappa shape index (κ2) is 8.50. The molecule has 4 nitrogen and oxygen atoms in total. The van der Waals surface area contributed by atoms with E-state index in [2.05, 4.69) is 10.6 Å². The number of hydrogen-bond donors (Lipinski definition) is 2. The minimum Gasteiger partial charge on any atom is -0.381 e. The fourth-order valence-electron chi connectivity index (χ4n) is 2.47. The van der Waals surface area contributed by atoms with Crippen LogP contribution in [-0.2, 0) is 4.74 Å². The van der Waals surface area contributed by atoms with Crippen molar-refractivity contribution in [2.24, 2.45) is 5.92 Å². The van der Waals surface area contributed by atoms with Gasteiger partial charge in [0.05, 0.1) is 11.3 Å². The van der Waals surface area contributed by atoms with Crippen molar-refractivity contribution in [1.29, 1.82) is 0 Å². The predicted octanol–water partition coefficient (Wildman–Crippen LogP) is 3.98. The molecule has 1 saturated carbocycles. The summed E-state index contributed by atoms with van der Waals surface area (Å²) in [6, 6.07) is 17.4. The second-order valence-electron chi connectivity index (χ2n) is 6.16. The molecule has 1 amide bonds. The molecule has 4 heteroatoms. The number of rotatable bonds is 9. The Hall–Kier alpha value is -2.33. The van der Waals surface area contributed by atoms with Gasteiger partial charge in [0.1, 0.15) is 0 Å². The summed E-state index contributed by atoms with van der Waals surface area (Å²) in [5, 5.41) is 6.27. The number of amides is 1. The molecule has 0 bridgehead atoms. The number of hydrogen-bond acceptors (Lipinski definition) is 3. The maximum Gasteiger partial charge on any atom is 0.253 e. The number of para-hydroxylation sites is 2. The Labute approximate surface area is 143 Å². The molecule has 1 aliphatic carbocycles. The molecule has 0 saturated heterocycles. The van der Waals surface area contributed by atoms with Crippen LogP contribution in [-0.4, -0.2) is 25.7 Å². The highest BCUT2D eigenvalue weighted by Gasteiger charge is 2.20. The van der Waals surface area contributed by atoms with Crippen molar-refractivity contribution in [3.63, 3.8) is 0 Å². The third-order valence-corrected chi connectivity index (χ3v) is 4.03. The molecule has 1 aliphatic rings. The van der Waals surface area contributed by atoms with Crippen LogP contribution in [0.1, 0.15) is 29.6 Å². The van der Waals surface area contributed by atoms with E-state index in [0.717, 1.165) is 30.3 Å². The van der Waals surface area contributed by atoms with Gasteiger partial charge < -0.3 is 15.4 Å². The maximum atomic E-state index is 12.4. The largest absolute Gasteiger partial charge is 0.381 e. The first-order chi connectivity index (χ1) is 11.8. The molecule has 2 aromatic carbocycles. The van der Waals surface area contributed by atoms with Crippen molar-refractivity contribution in [2.75, 3.05) is 25.1 Å². The number of anilines is 2. The Morgan fingerprint density at radius 2 is 1.79 bits per heavy atom. The molecular formula is C20H24N2O2. The van der Waals surface area contributed by atoms with Gasteiger partial charge >= 0.3 is 0 Å². The van der Waals surface area contributed by atoms with Gasteiger partial charge in [-0.2, -0.15) is 0 Å². The molecule has 0 aromatic heterocycles. The van der Waals surface area contributed by atoms with E-state index in [4.69, 9.17) is 4.74 Å². The van der Waals surface area contributed by atoms with Gasteiger partial charge in [-0.15, -0.1) is 0 Å². The molecule has 0 aliphatic heterocycles. The summed E-state index contributed by atoms with van der Waals surface area (Å²) in [4.78, 5) is 12.4. The molecule has 0 unspecified atom stereocenters. The quantitative estimate of drug-likeness (QED) is 0.686. The molecule has 0 atom stereocenters. The van der Waals surface area contributed by atoms with Gasteiger partial charge in [0.15, 0.2) is 0 Å². The van der Waals surface area contributed by atoms with Gasteiger partial charge in [-0.1, -0.05) is 30.3 Å². The standard InChI is InChI=1S/C20H24N2O2/c23-20(21-13-6-14-24-15-16-11-12-16)18-9-4-5-10-19(18)22-17-7-2-1-3-8-17/h1-5,7-10,16,22H,6,11-15H2,(H,21,23). The predicted molar refractivity (Wildman–Crippen MR) is 96.7 cm³/mol. The average Bonchev–Trinajstić information content (AvgIpc) is 3.43. The molecule has 24 heavy (non-hydrogen) atoms. The van der Waals surface area contributed by atoms with E-state index in [1.165, 1.54) is 12.8 Å². The zero-order valence-electron chi connectivity index (χ0n) is 13.8. The highest BCUT2D eigenvalue weighted by atomic mass is 16.5. The van der Waals surface area contributed by atoms with Crippen LogP contribution in [0.2, 0.25) is 0 Å². The van der Waals surface area contributed by atoms with Gasteiger partial charge in [0.2, 0.25) is 0 Å². The average molecular weight is 324 g/mol. The molecule has 0 heterocycles. The molecular weight excluding hydrogens is 300 g/mol. The summed E-state index contributed by atoms with van der Waals surface area (Å²) >= 11 is 0. The van der Waals surface area contributed by atoms with Gasteiger partial charge in [-0.3, -0.25) is 4.79 Å². The zero-order chi connectivity index (χ0) is 16.6. The lowest BCUT2D eigenvalue weighted by molar-refractivity contribution is 0.0938. The van der Waals surface area contributed by atoms with Crippen molar-refractivity contribution in [3.8, 4) is 0 Å². The zero-order valence-corrected chi connectivity index (χ0v) is 13.8. The monoisotopic (exact) mass is 324 g/mol. The minimum absolute atomic E-state index is 0.0591. The smallest absolute Gasteiger partial charge is 0.253 e. The van der Waals surface area contributed by atoms with Crippen LogP contribution in [0.3, 0.4) is 0 Å². The van der Waals surface area contributed by atoms with E-state index in [1.807, 2.05) is 54.6 Å². The molecule has 2 N–H and O–H groups in total. The van der Waals surface area contributed by atoms with Gasteiger partial charge in [0.25, 0.3) is 5.91 Å².